The molecule has 0 amide bonds. The van der Waals surface area contributed by atoms with Crippen LogP contribution in [0, 0.1) is 0 Å². The van der Waals surface area contributed by atoms with Crippen molar-refractivity contribution in [2.24, 2.45) is 0 Å². The topological polar surface area (TPSA) is 115 Å². The first kappa shape index (κ1) is 14.1. The number of carboxylic acid groups (broad SMARTS) is 2. The van der Waals surface area contributed by atoms with Crippen LogP contribution in [0.25, 0.3) is 0 Å². The first-order valence-corrected chi connectivity index (χ1v) is 5.36. The molecule has 0 saturated heterocycles. The van der Waals surface area contributed by atoms with Gasteiger partial charge in [0.1, 0.15) is 0 Å². The molecule has 1 rings (SSSR count). The maximum Gasteiger partial charge on any atom is 0.336 e. The Labute approximate surface area is 103 Å². The van der Waals surface area contributed by atoms with Gasteiger partial charge in [-0.05, 0) is 36.6 Å². The van der Waals surface area contributed by atoms with E-state index in [-0.39, 0.29) is 29.7 Å². The Morgan fingerprint density at radius 3 is 2.33 bits per heavy atom. The van der Waals surface area contributed by atoms with E-state index in [0.717, 1.165) is 12.1 Å². The van der Waals surface area contributed by atoms with Crippen LogP contribution in [0.5, 0.6) is 0 Å². The van der Waals surface area contributed by atoms with Crippen molar-refractivity contribution < 1.29 is 30.0 Å². The molecule has 6 heteroatoms. The Morgan fingerprint density at radius 2 is 1.83 bits per heavy atom. The minimum absolute atomic E-state index is 0.0517. The second-order valence-corrected chi connectivity index (χ2v) is 3.79. The molecule has 1 aromatic rings. The lowest BCUT2D eigenvalue weighted by Gasteiger charge is -2.13. The lowest BCUT2D eigenvalue weighted by Crippen LogP contribution is -2.10. The summed E-state index contributed by atoms with van der Waals surface area (Å²) in [5, 5.41) is 36.3. The van der Waals surface area contributed by atoms with Gasteiger partial charge in [0.2, 0.25) is 0 Å². The molecule has 6 nitrogen and oxygen atoms in total. The van der Waals surface area contributed by atoms with Gasteiger partial charge in [-0.3, -0.25) is 0 Å². The number of hydrogen-bond acceptors (Lipinski definition) is 4. The summed E-state index contributed by atoms with van der Waals surface area (Å²) in [6.45, 7) is -0.127. The van der Waals surface area contributed by atoms with Gasteiger partial charge >= 0.3 is 11.9 Å². The molecule has 0 aliphatic rings. The van der Waals surface area contributed by atoms with Crippen molar-refractivity contribution in [3.63, 3.8) is 0 Å². The molecule has 0 bridgehead atoms. The van der Waals surface area contributed by atoms with Crippen LogP contribution in [0.15, 0.2) is 18.2 Å². The molecule has 0 fully saturated rings. The summed E-state index contributed by atoms with van der Waals surface area (Å²) < 4.78 is 0. The molecule has 98 valence electrons. The van der Waals surface area contributed by atoms with Crippen molar-refractivity contribution in [1.29, 1.82) is 0 Å². The molecule has 0 spiro atoms. The minimum Gasteiger partial charge on any atom is -0.478 e. The van der Waals surface area contributed by atoms with E-state index in [1.807, 2.05) is 0 Å². The molecule has 1 atom stereocenters. The maximum absolute atomic E-state index is 11.0. The van der Waals surface area contributed by atoms with Crippen molar-refractivity contribution in [1.82, 2.24) is 0 Å². The SMILES string of the molecule is O=C(O)c1ccc(C(=O)O)c(C(O)CCCO)c1. The average molecular weight is 254 g/mol. The van der Waals surface area contributed by atoms with Crippen LogP contribution in [0.2, 0.25) is 0 Å². The highest BCUT2D eigenvalue weighted by Crippen LogP contribution is 2.24. The Bertz CT molecular complexity index is 454. The van der Waals surface area contributed by atoms with Gasteiger partial charge in [-0.1, -0.05) is 0 Å². The number of hydrogen-bond donors (Lipinski definition) is 4. The summed E-state index contributed by atoms with van der Waals surface area (Å²) in [5.74, 6) is -2.42. The van der Waals surface area contributed by atoms with Crippen molar-refractivity contribution in [2.45, 2.75) is 18.9 Å². The second-order valence-electron chi connectivity index (χ2n) is 3.79. The van der Waals surface area contributed by atoms with Crippen LogP contribution < -0.4 is 0 Å². The zero-order chi connectivity index (χ0) is 13.7. The van der Waals surface area contributed by atoms with E-state index in [4.69, 9.17) is 15.3 Å². The normalized spacial score (nSPS) is 12.1. The first-order chi connectivity index (χ1) is 8.47. The Hall–Kier alpha value is -1.92. The van der Waals surface area contributed by atoms with E-state index in [0.29, 0.717) is 6.42 Å². The number of benzene rings is 1. The highest BCUT2D eigenvalue weighted by Gasteiger charge is 2.19. The fourth-order valence-corrected chi connectivity index (χ4v) is 1.61. The number of aromatic carboxylic acids is 2. The zero-order valence-electron chi connectivity index (χ0n) is 9.54. The van der Waals surface area contributed by atoms with E-state index in [1.165, 1.54) is 6.07 Å². The summed E-state index contributed by atoms with van der Waals surface area (Å²) >= 11 is 0. The Morgan fingerprint density at radius 1 is 1.17 bits per heavy atom. The molecular formula is C12H14O6. The summed E-state index contributed by atoms with van der Waals surface area (Å²) in [5.41, 5.74) is -0.167. The maximum atomic E-state index is 11.0. The van der Waals surface area contributed by atoms with Gasteiger partial charge < -0.3 is 20.4 Å². The summed E-state index contributed by atoms with van der Waals surface area (Å²) in [4.78, 5) is 21.8. The molecule has 0 aliphatic carbocycles. The molecule has 0 aromatic heterocycles. The standard InChI is InChI=1S/C12H14O6/c13-5-1-2-10(14)9-6-7(11(15)16)3-4-8(9)12(17)18/h3-4,6,10,13-14H,1-2,5H2,(H,15,16)(H,17,18). The van der Waals surface area contributed by atoms with Crippen LogP contribution in [0.4, 0.5) is 0 Å². The van der Waals surface area contributed by atoms with Crippen molar-refractivity contribution in [3.05, 3.63) is 34.9 Å². The van der Waals surface area contributed by atoms with E-state index in [9.17, 15) is 14.7 Å². The molecule has 0 saturated carbocycles. The second kappa shape index (κ2) is 6.13. The van der Waals surface area contributed by atoms with E-state index >= 15 is 0 Å². The smallest absolute Gasteiger partial charge is 0.336 e. The van der Waals surface area contributed by atoms with Crippen LogP contribution in [-0.4, -0.2) is 39.0 Å². The largest absolute Gasteiger partial charge is 0.478 e. The molecule has 0 aliphatic heterocycles. The third kappa shape index (κ3) is 3.28. The fourth-order valence-electron chi connectivity index (χ4n) is 1.61. The predicted molar refractivity (Wildman–Crippen MR) is 61.6 cm³/mol. The first-order valence-electron chi connectivity index (χ1n) is 5.36. The van der Waals surface area contributed by atoms with E-state index < -0.39 is 18.0 Å². The number of aliphatic hydroxyl groups is 2. The minimum atomic E-state index is -1.23. The quantitative estimate of drug-likeness (QED) is 0.599. The van der Waals surface area contributed by atoms with Crippen LogP contribution in [-0.2, 0) is 0 Å². The summed E-state index contributed by atoms with van der Waals surface area (Å²) in [7, 11) is 0. The van der Waals surface area contributed by atoms with Crippen molar-refractivity contribution >= 4 is 11.9 Å². The third-order valence-electron chi connectivity index (χ3n) is 2.52. The Balaban J connectivity index is 3.14. The zero-order valence-corrected chi connectivity index (χ0v) is 9.54. The Kier molecular flexibility index (Phi) is 4.82. The molecular weight excluding hydrogens is 240 g/mol. The molecule has 18 heavy (non-hydrogen) atoms. The fraction of sp³-hybridized carbons (Fsp3) is 0.333. The summed E-state index contributed by atoms with van der Waals surface area (Å²) in [6, 6.07) is 3.48. The highest BCUT2D eigenvalue weighted by molar-refractivity contribution is 5.93. The van der Waals surface area contributed by atoms with Crippen molar-refractivity contribution in [2.75, 3.05) is 6.61 Å². The van der Waals surface area contributed by atoms with Crippen LogP contribution >= 0.6 is 0 Å². The van der Waals surface area contributed by atoms with Gasteiger partial charge in [-0.2, -0.15) is 0 Å². The molecule has 4 N–H and O–H groups in total. The van der Waals surface area contributed by atoms with E-state index in [1.54, 1.807) is 0 Å². The van der Waals surface area contributed by atoms with Crippen LogP contribution in [0.1, 0.15) is 45.2 Å². The monoisotopic (exact) mass is 254 g/mol. The highest BCUT2D eigenvalue weighted by atomic mass is 16.4. The average Bonchev–Trinajstić information content (AvgIpc) is 2.34. The van der Waals surface area contributed by atoms with Gasteiger partial charge in [0.25, 0.3) is 0 Å². The number of carboxylic acids is 2. The predicted octanol–water partition coefficient (Wildman–Crippen LogP) is 0.889. The lowest BCUT2D eigenvalue weighted by molar-refractivity contribution is 0.0673. The van der Waals surface area contributed by atoms with Gasteiger partial charge in [0.05, 0.1) is 17.2 Å². The van der Waals surface area contributed by atoms with Gasteiger partial charge in [-0.25, -0.2) is 9.59 Å². The number of rotatable bonds is 6. The van der Waals surface area contributed by atoms with Gasteiger partial charge in [0, 0.05) is 6.61 Å². The number of carbonyl (C=O) groups is 2. The third-order valence-corrected chi connectivity index (χ3v) is 2.52. The van der Waals surface area contributed by atoms with Gasteiger partial charge in [-0.15, -0.1) is 0 Å². The van der Waals surface area contributed by atoms with E-state index in [2.05, 4.69) is 0 Å². The summed E-state index contributed by atoms with van der Waals surface area (Å²) in [6.07, 6.45) is -0.639. The van der Waals surface area contributed by atoms with Gasteiger partial charge in [0.15, 0.2) is 0 Å². The van der Waals surface area contributed by atoms with Crippen LogP contribution in [0.3, 0.4) is 0 Å². The molecule has 1 unspecified atom stereocenters. The molecule has 0 heterocycles. The molecule has 0 radical (unpaired) electrons. The lowest BCUT2D eigenvalue weighted by atomic mass is 9.97. The van der Waals surface area contributed by atoms with Crippen molar-refractivity contribution in [3.8, 4) is 0 Å². The molecule has 1 aromatic carbocycles. The number of aliphatic hydroxyl groups excluding tert-OH is 2.